The van der Waals surface area contributed by atoms with Gasteiger partial charge in [-0.2, -0.15) is 5.26 Å². The Bertz CT molecular complexity index is 452. The number of nitrogens with two attached hydrogens (primary N) is 1. The summed E-state index contributed by atoms with van der Waals surface area (Å²) in [6.45, 7) is 2.44. The monoisotopic (exact) mass is 235 g/mol. The molecule has 3 N–H and O–H groups in total. The third-order valence-corrected chi connectivity index (χ3v) is 2.10. The van der Waals surface area contributed by atoms with E-state index in [9.17, 15) is 10.1 Å². The molecule has 1 rings (SSSR count). The molecular weight excluding hydrogens is 222 g/mol. The van der Waals surface area contributed by atoms with Gasteiger partial charge in [0.05, 0.1) is 4.92 Å². The molecule has 0 bridgehead atoms. The minimum absolute atomic E-state index is 0.0473. The van der Waals surface area contributed by atoms with Crippen LogP contribution in [0, 0.1) is 21.4 Å². The minimum Gasteiger partial charge on any atom is -0.369 e. The molecule has 1 heterocycles. The lowest BCUT2D eigenvalue weighted by molar-refractivity contribution is -0.385. The van der Waals surface area contributed by atoms with Crippen molar-refractivity contribution in [3.8, 4) is 6.07 Å². The predicted octanol–water partition coefficient (Wildman–Crippen LogP) is 1.01. The average molecular weight is 235 g/mol. The van der Waals surface area contributed by atoms with Gasteiger partial charge in [-0.25, -0.2) is 4.98 Å². The largest absolute Gasteiger partial charge is 0.369 e. The fraction of sp³-hybridized carbons (Fsp3) is 0.400. The Morgan fingerprint density at radius 3 is 3.00 bits per heavy atom. The summed E-state index contributed by atoms with van der Waals surface area (Å²) in [5.74, 6) is 0.346. The van der Waals surface area contributed by atoms with Gasteiger partial charge in [-0.15, -0.1) is 0 Å². The number of aromatic nitrogens is 1. The number of rotatable bonds is 5. The van der Waals surface area contributed by atoms with Gasteiger partial charge in [-0.05, 0) is 13.3 Å². The summed E-state index contributed by atoms with van der Waals surface area (Å²) in [6.07, 6.45) is 1.85. The van der Waals surface area contributed by atoms with Crippen molar-refractivity contribution < 1.29 is 4.92 Å². The van der Waals surface area contributed by atoms with Gasteiger partial charge in [0.1, 0.15) is 23.6 Å². The van der Waals surface area contributed by atoms with Gasteiger partial charge in [-0.3, -0.25) is 10.1 Å². The first-order valence-corrected chi connectivity index (χ1v) is 5.08. The van der Waals surface area contributed by atoms with Crippen LogP contribution >= 0.6 is 0 Å². The van der Waals surface area contributed by atoms with Crippen molar-refractivity contribution in [1.82, 2.24) is 4.98 Å². The van der Waals surface area contributed by atoms with Crippen LogP contribution in [0.4, 0.5) is 11.5 Å². The molecule has 0 spiro atoms. The Morgan fingerprint density at radius 1 is 1.76 bits per heavy atom. The summed E-state index contributed by atoms with van der Waals surface area (Å²) in [5.41, 5.74) is 5.54. The topological polar surface area (TPSA) is 118 Å². The first-order valence-electron chi connectivity index (χ1n) is 5.08. The number of hydrogen-bond acceptors (Lipinski definition) is 6. The van der Waals surface area contributed by atoms with Crippen LogP contribution in [0.1, 0.15) is 18.9 Å². The Kier molecular flexibility index (Phi) is 4.37. The molecule has 0 aliphatic rings. The molecular formula is C10H13N5O2. The number of nitrogens with one attached hydrogen (secondary N) is 1. The summed E-state index contributed by atoms with van der Waals surface area (Å²) < 4.78 is 0. The smallest absolute Gasteiger partial charge is 0.289 e. The Hall–Kier alpha value is -2.20. The van der Waals surface area contributed by atoms with Crippen LogP contribution in [0.5, 0.6) is 0 Å². The zero-order valence-corrected chi connectivity index (χ0v) is 9.38. The lowest BCUT2D eigenvalue weighted by atomic mass is 10.2. The summed E-state index contributed by atoms with van der Waals surface area (Å²) >= 11 is 0. The van der Waals surface area contributed by atoms with Gasteiger partial charge in [0.2, 0.25) is 0 Å². The Morgan fingerprint density at radius 2 is 2.47 bits per heavy atom. The minimum atomic E-state index is -0.584. The van der Waals surface area contributed by atoms with Gasteiger partial charge < -0.3 is 11.1 Å². The van der Waals surface area contributed by atoms with Gasteiger partial charge in [-0.1, -0.05) is 0 Å². The van der Waals surface area contributed by atoms with Crippen molar-refractivity contribution in [3.63, 3.8) is 0 Å². The van der Waals surface area contributed by atoms with E-state index in [-0.39, 0.29) is 17.3 Å². The van der Waals surface area contributed by atoms with Crippen molar-refractivity contribution in [3.05, 3.63) is 27.9 Å². The van der Waals surface area contributed by atoms with E-state index in [1.165, 1.54) is 6.07 Å². The van der Waals surface area contributed by atoms with Gasteiger partial charge in [0.25, 0.3) is 5.69 Å². The van der Waals surface area contributed by atoms with E-state index in [0.717, 1.165) is 12.6 Å². The third kappa shape index (κ3) is 3.70. The molecule has 1 aromatic heterocycles. The molecule has 0 aliphatic heterocycles. The van der Waals surface area contributed by atoms with Crippen molar-refractivity contribution in [2.75, 3.05) is 11.9 Å². The predicted molar refractivity (Wildman–Crippen MR) is 62.4 cm³/mol. The molecule has 0 aliphatic carbocycles. The highest BCUT2D eigenvalue weighted by Gasteiger charge is 2.11. The number of nitrogens with zero attached hydrogens (tertiary/aromatic N) is 3. The zero-order valence-electron chi connectivity index (χ0n) is 9.38. The van der Waals surface area contributed by atoms with Crippen molar-refractivity contribution in [2.45, 2.75) is 19.4 Å². The quantitative estimate of drug-likeness (QED) is 0.580. The molecule has 1 unspecified atom stereocenters. The molecule has 90 valence electrons. The molecule has 1 atom stereocenters. The van der Waals surface area contributed by atoms with E-state index >= 15 is 0 Å². The maximum atomic E-state index is 10.5. The van der Waals surface area contributed by atoms with Gasteiger partial charge in [0, 0.05) is 18.7 Å². The van der Waals surface area contributed by atoms with E-state index < -0.39 is 4.92 Å². The number of nitriles is 1. The Balaban J connectivity index is 2.79. The fourth-order valence-corrected chi connectivity index (χ4v) is 1.20. The summed E-state index contributed by atoms with van der Waals surface area (Å²) in [6, 6.07) is 3.11. The first-order chi connectivity index (χ1) is 8.04. The maximum Gasteiger partial charge on any atom is 0.289 e. The van der Waals surface area contributed by atoms with Gasteiger partial charge >= 0.3 is 0 Å². The van der Waals surface area contributed by atoms with Gasteiger partial charge in [0.15, 0.2) is 0 Å². The first kappa shape index (κ1) is 12.9. The van der Waals surface area contributed by atoms with Crippen molar-refractivity contribution in [2.24, 2.45) is 5.73 Å². The SMILES string of the molecule is CC(N)CCNc1ncc([N+](=O)[O-])cc1C#N. The van der Waals surface area contributed by atoms with E-state index in [2.05, 4.69) is 10.3 Å². The van der Waals surface area contributed by atoms with E-state index in [4.69, 9.17) is 11.0 Å². The van der Waals surface area contributed by atoms with Crippen LogP contribution in [0.25, 0.3) is 0 Å². The van der Waals surface area contributed by atoms with Crippen LogP contribution in [-0.2, 0) is 0 Å². The molecule has 7 heteroatoms. The van der Waals surface area contributed by atoms with Crippen LogP contribution in [-0.4, -0.2) is 22.5 Å². The summed E-state index contributed by atoms with van der Waals surface area (Å²) in [7, 11) is 0. The van der Waals surface area contributed by atoms with Crippen molar-refractivity contribution >= 4 is 11.5 Å². The normalized spacial score (nSPS) is 11.6. The van der Waals surface area contributed by atoms with Crippen LogP contribution < -0.4 is 11.1 Å². The highest BCUT2D eigenvalue weighted by atomic mass is 16.6. The number of pyridine rings is 1. The second-order valence-electron chi connectivity index (χ2n) is 3.65. The molecule has 1 aromatic rings. The standard InChI is InChI=1S/C10H13N5O2/c1-7(12)2-3-13-10-8(5-11)4-9(6-14-10)15(16)17/h4,6-7H,2-3,12H2,1H3,(H,13,14). The average Bonchev–Trinajstić information content (AvgIpc) is 2.28. The lowest BCUT2D eigenvalue weighted by Crippen LogP contribution is -2.19. The number of hydrogen-bond donors (Lipinski definition) is 2. The number of anilines is 1. The molecule has 0 saturated carbocycles. The van der Waals surface area contributed by atoms with Crippen LogP contribution in [0.2, 0.25) is 0 Å². The molecule has 0 fully saturated rings. The molecule has 0 radical (unpaired) electrons. The highest BCUT2D eigenvalue weighted by Crippen LogP contribution is 2.17. The zero-order chi connectivity index (χ0) is 12.8. The third-order valence-electron chi connectivity index (χ3n) is 2.10. The fourth-order valence-electron chi connectivity index (χ4n) is 1.20. The molecule has 0 saturated heterocycles. The maximum absolute atomic E-state index is 10.5. The molecule has 0 aromatic carbocycles. The molecule has 7 nitrogen and oxygen atoms in total. The molecule has 17 heavy (non-hydrogen) atoms. The second-order valence-corrected chi connectivity index (χ2v) is 3.65. The second kappa shape index (κ2) is 5.77. The summed E-state index contributed by atoms with van der Waals surface area (Å²) in [4.78, 5) is 13.8. The van der Waals surface area contributed by atoms with Crippen molar-refractivity contribution in [1.29, 1.82) is 5.26 Å². The summed E-state index contributed by atoms with van der Waals surface area (Å²) in [5, 5.41) is 22.3. The Labute approximate surface area is 98.4 Å². The van der Waals surface area contributed by atoms with E-state index in [1.54, 1.807) is 0 Å². The van der Waals surface area contributed by atoms with E-state index in [0.29, 0.717) is 12.4 Å². The van der Waals surface area contributed by atoms with Crippen LogP contribution in [0.15, 0.2) is 12.3 Å². The number of nitro groups is 1. The molecule has 0 amide bonds. The van der Waals surface area contributed by atoms with E-state index in [1.807, 2.05) is 13.0 Å². The van der Waals surface area contributed by atoms with Crippen LogP contribution in [0.3, 0.4) is 0 Å². The highest BCUT2D eigenvalue weighted by molar-refractivity contribution is 5.55. The lowest BCUT2D eigenvalue weighted by Gasteiger charge is -2.08.